The molecule has 0 saturated heterocycles. The summed E-state index contributed by atoms with van der Waals surface area (Å²) in [5.41, 5.74) is -5.28. The van der Waals surface area contributed by atoms with E-state index in [4.69, 9.17) is 4.74 Å². The van der Waals surface area contributed by atoms with Gasteiger partial charge in [-0.25, -0.2) is 0 Å². The zero-order valence-corrected chi connectivity index (χ0v) is 14.2. The van der Waals surface area contributed by atoms with Gasteiger partial charge in [-0.1, -0.05) is 6.92 Å². The highest BCUT2D eigenvalue weighted by molar-refractivity contribution is 5.81. The summed E-state index contributed by atoms with van der Waals surface area (Å²) in [5.74, 6) is -2.18. The lowest BCUT2D eigenvalue weighted by Gasteiger charge is -2.39. The van der Waals surface area contributed by atoms with E-state index in [0.717, 1.165) is 7.11 Å². The van der Waals surface area contributed by atoms with Crippen LogP contribution in [0.4, 0.5) is 13.2 Å². The molecule has 7 heteroatoms. The number of hydrogen-bond acceptors (Lipinski definition) is 4. The van der Waals surface area contributed by atoms with Gasteiger partial charge in [-0.3, -0.25) is 9.59 Å². The van der Waals surface area contributed by atoms with Crippen molar-refractivity contribution in [2.75, 3.05) is 7.11 Å². The van der Waals surface area contributed by atoms with Crippen molar-refractivity contribution in [3.63, 3.8) is 0 Å². The predicted molar refractivity (Wildman–Crippen MR) is 75.0 cm³/mol. The number of methoxy groups -OCH3 is 1. The summed E-state index contributed by atoms with van der Waals surface area (Å²) in [4.78, 5) is 24.0. The van der Waals surface area contributed by atoms with E-state index in [1.807, 2.05) is 0 Å². The Balaban J connectivity index is 5.84. The van der Waals surface area contributed by atoms with Crippen LogP contribution in [0, 0.1) is 10.8 Å². The molecule has 0 spiro atoms. The highest BCUT2D eigenvalue weighted by atomic mass is 19.4. The molecule has 4 nitrogen and oxygen atoms in total. The van der Waals surface area contributed by atoms with Gasteiger partial charge in [0.25, 0.3) is 0 Å². The van der Waals surface area contributed by atoms with E-state index in [1.165, 1.54) is 41.5 Å². The first-order chi connectivity index (χ1) is 9.63. The van der Waals surface area contributed by atoms with E-state index >= 15 is 0 Å². The zero-order valence-electron chi connectivity index (χ0n) is 14.2. The van der Waals surface area contributed by atoms with Gasteiger partial charge < -0.3 is 9.47 Å². The van der Waals surface area contributed by atoms with Crippen molar-refractivity contribution in [1.82, 2.24) is 0 Å². The molecule has 0 aliphatic rings. The van der Waals surface area contributed by atoms with E-state index in [-0.39, 0.29) is 0 Å². The molecule has 0 bridgehead atoms. The van der Waals surface area contributed by atoms with Crippen LogP contribution in [-0.4, -0.2) is 30.8 Å². The molecule has 1 unspecified atom stereocenters. The van der Waals surface area contributed by atoms with E-state index in [0.29, 0.717) is 0 Å². The molecule has 0 N–H and O–H groups in total. The lowest BCUT2D eigenvalue weighted by atomic mass is 9.70. The lowest BCUT2D eigenvalue weighted by Crippen LogP contribution is -2.51. The summed E-state index contributed by atoms with van der Waals surface area (Å²) in [6.45, 7) is 8.37. The van der Waals surface area contributed by atoms with E-state index in [2.05, 4.69) is 4.74 Å². The van der Waals surface area contributed by atoms with Crippen LogP contribution in [0.25, 0.3) is 0 Å². The molecule has 0 rings (SSSR count). The number of rotatable bonds is 5. The van der Waals surface area contributed by atoms with Crippen LogP contribution in [0.5, 0.6) is 0 Å². The number of alkyl halides is 3. The van der Waals surface area contributed by atoms with Crippen LogP contribution in [0.15, 0.2) is 0 Å². The van der Waals surface area contributed by atoms with Crippen molar-refractivity contribution < 1.29 is 32.2 Å². The minimum absolute atomic E-state index is 0.522. The maximum absolute atomic E-state index is 13.6. The van der Waals surface area contributed by atoms with Crippen LogP contribution < -0.4 is 0 Å². The second-order valence-electron chi connectivity index (χ2n) is 6.99. The molecule has 0 aromatic rings. The number of hydrogen-bond donors (Lipinski definition) is 0. The second kappa shape index (κ2) is 6.46. The van der Waals surface area contributed by atoms with Crippen LogP contribution >= 0.6 is 0 Å². The van der Waals surface area contributed by atoms with Crippen molar-refractivity contribution in [3.05, 3.63) is 0 Å². The normalized spacial score (nSPS) is 15.9. The minimum Gasteiger partial charge on any atom is -0.469 e. The topological polar surface area (TPSA) is 52.6 Å². The number of carbonyl (C=O) groups excluding carboxylic acids is 2. The number of esters is 2. The first-order valence-corrected chi connectivity index (χ1v) is 7.01. The summed E-state index contributed by atoms with van der Waals surface area (Å²) in [5, 5.41) is 0. The smallest absolute Gasteiger partial charge is 0.404 e. The summed E-state index contributed by atoms with van der Waals surface area (Å²) >= 11 is 0. The van der Waals surface area contributed by atoms with Gasteiger partial charge in [-0.15, -0.1) is 0 Å². The molecule has 22 heavy (non-hydrogen) atoms. The first-order valence-electron chi connectivity index (χ1n) is 7.01. The summed E-state index contributed by atoms with van der Waals surface area (Å²) < 4.78 is 50.4. The number of carbonyl (C=O) groups is 2. The molecule has 0 heterocycles. The van der Waals surface area contributed by atoms with Gasteiger partial charge >= 0.3 is 18.1 Å². The van der Waals surface area contributed by atoms with Gasteiger partial charge in [0.05, 0.1) is 12.5 Å². The van der Waals surface area contributed by atoms with Crippen LogP contribution in [-0.2, 0) is 19.1 Å². The maximum Gasteiger partial charge on any atom is 0.404 e. The van der Waals surface area contributed by atoms with Gasteiger partial charge in [0.2, 0.25) is 0 Å². The Morgan fingerprint density at radius 1 is 0.955 bits per heavy atom. The summed E-state index contributed by atoms with van der Waals surface area (Å²) in [7, 11) is 1.10. The third-order valence-electron chi connectivity index (χ3n) is 3.42. The molecule has 0 amide bonds. The van der Waals surface area contributed by atoms with Crippen LogP contribution in [0.3, 0.4) is 0 Å². The van der Waals surface area contributed by atoms with Crippen molar-refractivity contribution in [2.45, 2.75) is 66.2 Å². The predicted octanol–water partition coefficient (Wildman–Crippen LogP) is 3.88. The SMILES string of the molecule is CCC(CC(C)(C)C(=O)OC)(C(=O)OC(C)(C)C)C(F)(F)F. The van der Waals surface area contributed by atoms with Crippen molar-refractivity contribution in [3.8, 4) is 0 Å². The molecule has 0 aromatic carbocycles. The molecule has 1 atom stereocenters. The summed E-state index contributed by atoms with van der Waals surface area (Å²) in [6, 6.07) is 0. The molecule has 0 saturated carbocycles. The van der Waals surface area contributed by atoms with E-state index in [9.17, 15) is 22.8 Å². The Hall–Kier alpha value is -1.27. The standard InChI is InChI=1S/C15H25F3O4/c1-8-14(15(16,17)18,11(20)22-12(2,3)4)9-13(5,6)10(19)21-7/h8-9H2,1-7H3. The molecule has 130 valence electrons. The van der Waals surface area contributed by atoms with Gasteiger partial charge in [-0.2, -0.15) is 13.2 Å². The Morgan fingerprint density at radius 3 is 1.68 bits per heavy atom. The monoisotopic (exact) mass is 326 g/mol. The fourth-order valence-electron chi connectivity index (χ4n) is 2.24. The fourth-order valence-corrected chi connectivity index (χ4v) is 2.24. The maximum atomic E-state index is 13.6. The molecule has 0 aromatic heterocycles. The number of halogens is 3. The molecule has 0 aliphatic heterocycles. The first kappa shape index (κ1) is 20.7. The average Bonchev–Trinajstić information content (AvgIpc) is 2.30. The molecule has 0 aliphatic carbocycles. The van der Waals surface area contributed by atoms with E-state index in [1.54, 1.807) is 0 Å². The highest BCUT2D eigenvalue weighted by Gasteiger charge is 2.63. The highest BCUT2D eigenvalue weighted by Crippen LogP contribution is 2.50. The molecule has 0 radical (unpaired) electrons. The Labute approximate surface area is 129 Å². The van der Waals surface area contributed by atoms with Crippen LogP contribution in [0.2, 0.25) is 0 Å². The van der Waals surface area contributed by atoms with Crippen LogP contribution in [0.1, 0.15) is 54.4 Å². The van der Waals surface area contributed by atoms with Crippen molar-refractivity contribution in [1.29, 1.82) is 0 Å². The third kappa shape index (κ3) is 4.61. The zero-order chi connectivity index (χ0) is 18.0. The molecule has 0 fully saturated rings. The summed E-state index contributed by atoms with van der Waals surface area (Å²) in [6.07, 6.45) is -6.09. The van der Waals surface area contributed by atoms with Gasteiger partial charge in [0.1, 0.15) is 5.60 Å². The molecular weight excluding hydrogens is 301 g/mol. The Morgan fingerprint density at radius 2 is 1.41 bits per heavy atom. The van der Waals surface area contributed by atoms with Gasteiger partial charge in [0.15, 0.2) is 5.41 Å². The minimum atomic E-state index is -4.84. The molecular formula is C15H25F3O4. The van der Waals surface area contributed by atoms with E-state index < -0.39 is 47.4 Å². The number of ether oxygens (including phenoxy) is 2. The van der Waals surface area contributed by atoms with Gasteiger partial charge in [0, 0.05) is 0 Å². The van der Waals surface area contributed by atoms with Gasteiger partial charge in [-0.05, 0) is 47.5 Å². The largest absolute Gasteiger partial charge is 0.469 e. The Bertz CT molecular complexity index is 421. The third-order valence-corrected chi connectivity index (χ3v) is 3.42. The second-order valence-corrected chi connectivity index (χ2v) is 6.99. The lowest BCUT2D eigenvalue weighted by molar-refractivity contribution is -0.248. The van der Waals surface area contributed by atoms with Crippen molar-refractivity contribution in [2.24, 2.45) is 10.8 Å². The quantitative estimate of drug-likeness (QED) is 0.720. The van der Waals surface area contributed by atoms with Crippen molar-refractivity contribution >= 4 is 11.9 Å². The Kier molecular flexibility index (Phi) is 6.09. The average molecular weight is 326 g/mol. The fraction of sp³-hybridized carbons (Fsp3) is 0.867.